The lowest BCUT2D eigenvalue weighted by atomic mass is 9.89. The summed E-state index contributed by atoms with van der Waals surface area (Å²) >= 11 is 0. The van der Waals surface area contributed by atoms with E-state index in [0.717, 1.165) is 0 Å². The van der Waals surface area contributed by atoms with Crippen molar-refractivity contribution in [2.24, 2.45) is 11.3 Å². The molecule has 1 fully saturated rings. The van der Waals surface area contributed by atoms with Crippen LogP contribution in [0.1, 0.15) is 27.2 Å². The van der Waals surface area contributed by atoms with E-state index in [0.29, 0.717) is 19.5 Å². The number of aliphatic hydroxyl groups is 1. The predicted octanol–water partition coefficient (Wildman–Crippen LogP) is -0.0839. The van der Waals surface area contributed by atoms with Crippen LogP contribution < -0.4 is 5.32 Å². The standard InChI is InChI=1S/C13H24N2O4/c1-13(2,3)12(19)15-7-9(11(17)18)6-10(8-15)14-4-5-16/h9-10,14,16H,4-8H2,1-3H3,(H,17,18). The van der Waals surface area contributed by atoms with Crippen molar-refractivity contribution in [3.05, 3.63) is 0 Å². The Morgan fingerprint density at radius 2 is 1.95 bits per heavy atom. The summed E-state index contributed by atoms with van der Waals surface area (Å²) in [5.74, 6) is -1.45. The van der Waals surface area contributed by atoms with Crippen LogP contribution >= 0.6 is 0 Å². The van der Waals surface area contributed by atoms with Crippen molar-refractivity contribution >= 4 is 11.9 Å². The monoisotopic (exact) mass is 272 g/mol. The fraction of sp³-hybridized carbons (Fsp3) is 0.846. The first-order valence-corrected chi connectivity index (χ1v) is 6.62. The number of rotatable bonds is 4. The molecule has 0 aromatic rings. The number of nitrogens with zero attached hydrogens (tertiary/aromatic N) is 1. The van der Waals surface area contributed by atoms with Gasteiger partial charge in [0, 0.05) is 31.1 Å². The van der Waals surface area contributed by atoms with Crippen LogP contribution in [0.15, 0.2) is 0 Å². The van der Waals surface area contributed by atoms with Gasteiger partial charge in [-0.05, 0) is 6.42 Å². The first-order chi connectivity index (χ1) is 8.75. The number of piperidine rings is 1. The number of carboxylic acid groups (broad SMARTS) is 1. The van der Waals surface area contributed by atoms with Crippen LogP contribution in [0.5, 0.6) is 0 Å². The molecular formula is C13H24N2O4. The van der Waals surface area contributed by atoms with Gasteiger partial charge in [0.1, 0.15) is 0 Å². The number of carbonyl (C=O) groups excluding carboxylic acids is 1. The Balaban J connectivity index is 2.75. The van der Waals surface area contributed by atoms with Gasteiger partial charge in [-0.15, -0.1) is 0 Å². The Hall–Kier alpha value is -1.14. The number of nitrogens with one attached hydrogen (secondary N) is 1. The number of carbonyl (C=O) groups is 2. The normalized spacial score (nSPS) is 24.3. The number of hydrogen-bond acceptors (Lipinski definition) is 4. The topological polar surface area (TPSA) is 89.9 Å². The van der Waals surface area contributed by atoms with Crippen LogP contribution in [0.3, 0.4) is 0 Å². The number of hydrogen-bond donors (Lipinski definition) is 3. The smallest absolute Gasteiger partial charge is 0.308 e. The van der Waals surface area contributed by atoms with Crippen LogP contribution in [0.2, 0.25) is 0 Å². The number of carboxylic acids is 1. The molecule has 3 N–H and O–H groups in total. The third-order valence-electron chi connectivity index (χ3n) is 3.27. The van der Waals surface area contributed by atoms with Crippen molar-refractivity contribution in [3.8, 4) is 0 Å². The third kappa shape index (κ3) is 4.47. The van der Waals surface area contributed by atoms with E-state index in [1.807, 2.05) is 20.8 Å². The minimum absolute atomic E-state index is 0.00144. The van der Waals surface area contributed by atoms with E-state index in [9.17, 15) is 9.59 Å². The highest BCUT2D eigenvalue weighted by Crippen LogP contribution is 2.23. The molecule has 0 aromatic heterocycles. The molecule has 0 aromatic carbocycles. The minimum Gasteiger partial charge on any atom is -0.481 e. The van der Waals surface area contributed by atoms with Gasteiger partial charge in [-0.1, -0.05) is 20.8 Å². The number of aliphatic carboxylic acids is 1. The Labute approximate surface area is 113 Å². The average molecular weight is 272 g/mol. The lowest BCUT2D eigenvalue weighted by Gasteiger charge is -2.39. The second-order valence-corrected chi connectivity index (χ2v) is 6.11. The summed E-state index contributed by atoms with van der Waals surface area (Å²) in [6, 6.07) is -0.0756. The van der Waals surface area contributed by atoms with Gasteiger partial charge in [0.2, 0.25) is 5.91 Å². The zero-order valence-corrected chi connectivity index (χ0v) is 11.8. The molecule has 6 nitrogen and oxygen atoms in total. The summed E-state index contributed by atoms with van der Waals surface area (Å²) < 4.78 is 0. The quantitative estimate of drug-likeness (QED) is 0.666. The second kappa shape index (κ2) is 6.34. The average Bonchev–Trinajstić information content (AvgIpc) is 2.33. The van der Waals surface area contributed by atoms with Crippen LogP contribution in [0.25, 0.3) is 0 Å². The van der Waals surface area contributed by atoms with E-state index in [1.54, 1.807) is 4.90 Å². The van der Waals surface area contributed by atoms with E-state index in [-0.39, 0.29) is 25.1 Å². The molecule has 0 bridgehead atoms. The Bertz CT molecular complexity index is 338. The molecule has 1 amide bonds. The fourth-order valence-corrected chi connectivity index (χ4v) is 2.33. The molecule has 0 radical (unpaired) electrons. The molecule has 0 aliphatic carbocycles. The van der Waals surface area contributed by atoms with Crippen molar-refractivity contribution in [1.82, 2.24) is 10.2 Å². The molecule has 1 aliphatic rings. The van der Waals surface area contributed by atoms with E-state index >= 15 is 0 Å². The van der Waals surface area contributed by atoms with Crippen molar-refractivity contribution in [2.75, 3.05) is 26.2 Å². The van der Waals surface area contributed by atoms with Crippen molar-refractivity contribution in [1.29, 1.82) is 0 Å². The molecule has 2 unspecified atom stereocenters. The lowest BCUT2D eigenvalue weighted by Crippen LogP contribution is -2.55. The van der Waals surface area contributed by atoms with Gasteiger partial charge in [0.05, 0.1) is 12.5 Å². The summed E-state index contributed by atoms with van der Waals surface area (Å²) in [7, 11) is 0. The number of likely N-dealkylation sites (tertiary alicyclic amines) is 1. The van der Waals surface area contributed by atoms with Gasteiger partial charge in [-0.2, -0.15) is 0 Å². The molecular weight excluding hydrogens is 248 g/mol. The van der Waals surface area contributed by atoms with Gasteiger partial charge >= 0.3 is 5.97 Å². The number of amides is 1. The lowest BCUT2D eigenvalue weighted by molar-refractivity contribution is -0.149. The predicted molar refractivity (Wildman–Crippen MR) is 70.7 cm³/mol. The molecule has 6 heteroatoms. The Kier molecular flexibility index (Phi) is 5.31. The van der Waals surface area contributed by atoms with Gasteiger partial charge in [0.15, 0.2) is 0 Å². The molecule has 19 heavy (non-hydrogen) atoms. The van der Waals surface area contributed by atoms with E-state index < -0.39 is 17.3 Å². The Morgan fingerprint density at radius 1 is 1.32 bits per heavy atom. The first-order valence-electron chi connectivity index (χ1n) is 6.62. The molecule has 1 rings (SSSR count). The van der Waals surface area contributed by atoms with Gasteiger partial charge in [-0.3, -0.25) is 9.59 Å². The van der Waals surface area contributed by atoms with Gasteiger partial charge < -0.3 is 20.4 Å². The molecule has 0 spiro atoms. The van der Waals surface area contributed by atoms with Crippen LogP contribution in [-0.2, 0) is 9.59 Å². The largest absolute Gasteiger partial charge is 0.481 e. The molecule has 0 saturated carbocycles. The molecule has 1 aliphatic heterocycles. The van der Waals surface area contributed by atoms with Crippen molar-refractivity contribution in [3.63, 3.8) is 0 Å². The highest BCUT2D eigenvalue weighted by molar-refractivity contribution is 5.82. The van der Waals surface area contributed by atoms with Crippen molar-refractivity contribution in [2.45, 2.75) is 33.2 Å². The van der Waals surface area contributed by atoms with Gasteiger partial charge in [0.25, 0.3) is 0 Å². The summed E-state index contributed by atoms with van der Waals surface area (Å²) in [5, 5.41) is 21.1. The molecule has 110 valence electrons. The van der Waals surface area contributed by atoms with Crippen LogP contribution in [0.4, 0.5) is 0 Å². The number of aliphatic hydroxyl groups excluding tert-OH is 1. The summed E-state index contributed by atoms with van der Waals surface area (Å²) in [6.07, 6.45) is 0.489. The van der Waals surface area contributed by atoms with Crippen LogP contribution in [-0.4, -0.2) is 59.3 Å². The molecule has 2 atom stereocenters. The fourth-order valence-electron chi connectivity index (χ4n) is 2.33. The van der Waals surface area contributed by atoms with Crippen LogP contribution in [0, 0.1) is 11.3 Å². The second-order valence-electron chi connectivity index (χ2n) is 6.11. The zero-order valence-electron chi connectivity index (χ0n) is 11.8. The summed E-state index contributed by atoms with van der Waals surface area (Å²) in [5.41, 5.74) is -0.512. The van der Waals surface area contributed by atoms with Gasteiger partial charge in [-0.25, -0.2) is 0 Å². The summed E-state index contributed by atoms with van der Waals surface area (Å²) in [4.78, 5) is 25.1. The third-order valence-corrected chi connectivity index (χ3v) is 3.27. The van der Waals surface area contributed by atoms with E-state index in [2.05, 4.69) is 5.32 Å². The van der Waals surface area contributed by atoms with E-state index in [1.165, 1.54) is 0 Å². The molecule has 1 heterocycles. The maximum Gasteiger partial charge on any atom is 0.308 e. The molecule has 1 saturated heterocycles. The van der Waals surface area contributed by atoms with Crippen molar-refractivity contribution < 1.29 is 19.8 Å². The maximum absolute atomic E-state index is 12.3. The Morgan fingerprint density at radius 3 is 2.42 bits per heavy atom. The highest BCUT2D eigenvalue weighted by atomic mass is 16.4. The summed E-state index contributed by atoms with van der Waals surface area (Å²) in [6.45, 7) is 6.67. The SMILES string of the molecule is CC(C)(C)C(=O)N1CC(NCCO)CC(C(=O)O)C1. The zero-order chi connectivity index (χ0) is 14.6. The first kappa shape index (κ1) is 15.9. The minimum atomic E-state index is -0.873. The van der Waals surface area contributed by atoms with E-state index in [4.69, 9.17) is 10.2 Å². The highest BCUT2D eigenvalue weighted by Gasteiger charge is 2.36. The maximum atomic E-state index is 12.3.